The number of piperidine rings is 1. The van der Waals surface area contributed by atoms with E-state index in [1.165, 1.54) is 0 Å². The molecule has 1 saturated heterocycles. The Kier molecular flexibility index (Phi) is 5.89. The maximum atomic E-state index is 12.9. The quantitative estimate of drug-likeness (QED) is 0.725. The Morgan fingerprint density at radius 2 is 1.87 bits per heavy atom. The molecule has 5 nitrogen and oxygen atoms in total. The number of amides is 2. The van der Waals surface area contributed by atoms with E-state index in [0.717, 1.165) is 35.3 Å². The van der Waals surface area contributed by atoms with Crippen molar-refractivity contribution in [2.45, 2.75) is 43.9 Å². The summed E-state index contributed by atoms with van der Waals surface area (Å²) in [4.78, 5) is 25.2. The Morgan fingerprint density at radius 3 is 2.58 bits per heavy atom. The molecule has 4 rings (SSSR count). The van der Waals surface area contributed by atoms with Crippen molar-refractivity contribution in [3.63, 3.8) is 0 Å². The van der Waals surface area contributed by atoms with Crippen LogP contribution in [0.5, 0.6) is 5.75 Å². The van der Waals surface area contributed by atoms with Gasteiger partial charge < -0.3 is 15.4 Å². The molecule has 3 unspecified atom stereocenters. The van der Waals surface area contributed by atoms with Crippen molar-refractivity contribution >= 4 is 11.8 Å². The normalized spacial score (nSPS) is 22.0. The summed E-state index contributed by atoms with van der Waals surface area (Å²) in [5, 5.41) is 4.81. The van der Waals surface area contributed by atoms with Crippen molar-refractivity contribution in [2.75, 3.05) is 6.61 Å². The monoisotopic (exact) mass is 432 g/mol. The minimum Gasteiger partial charge on any atom is -0.493 e. The molecule has 2 amide bonds. The Morgan fingerprint density at radius 1 is 1.10 bits per heavy atom. The molecule has 0 aliphatic carbocycles. The van der Waals surface area contributed by atoms with E-state index < -0.39 is 36.0 Å². The lowest BCUT2D eigenvalue weighted by atomic mass is 9.91. The number of carbonyl (C=O) groups is 2. The number of fused-ring (bicyclic) bond motifs is 1. The van der Waals surface area contributed by atoms with E-state index in [1.54, 1.807) is 0 Å². The highest BCUT2D eigenvalue weighted by atomic mass is 19.4. The SMILES string of the molecule is O=C(NC(c1ccccc1)c1ccc2c(c1)OCCC2)C1CCC(C(F)(F)F)NC1=O. The first-order chi connectivity index (χ1) is 14.8. The number of benzene rings is 2. The van der Waals surface area contributed by atoms with Crippen molar-refractivity contribution in [3.05, 3.63) is 65.2 Å². The summed E-state index contributed by atoms with van der Waals surface area (Å²) >= 11 is 0. The van der Waals surface area contributed by atoms with Crippen LogP contribution in [0.15, 0.2) is 48.5 Å². The van der Waals surface area contributed by atoms with Crippen LogP contribution >= 0.6 is 0 Å². The maximum Gasteiger partial charge on any atom is 0.408 e. The smallest absolute Gasteiger partial charge is 0.408 e. The Hall–Kier alpha value is -3.03. The molecular weight excluding hydrogens is 409 g/mol. The third-order valence-electron chi connectivity index (χ3n) is 5.78. The van der Waals surface area contributed by atoms with Gasteiger partial charge in [-0.05, 0) is 48.4 Å². The van der Waals surface area contributed by atoms with Crippen LogP contribution in [0, 0.1) is 5.92 Å². The number of aryl methyl sites for hydroxylation is 1. The predicted octanol–water partition coefficient (Wildman–Crippen LogP) is 3.67. The van der Waals surface area contributed by atoms with Gasteiger partial charge in [-0.15, -0.1) is 0 Å². The molecule has 2 aliphatic heterocycles. The highest BCUT2D eigenvalue weighted by Crippen LogP contribution is 2.32. The largest absolute Gasteiger partial charge is 0.493 e. The third kappa shape index (κ3) is 4.68. The van der Waals surface area contributed by atoms with E-state index in [-0.39, 0.29) is 12.8 Å². The number of halogens is 3. The van der Waals surface area contributed by atoms with E-state index in [0.29, 0.717) is 6.61 Å². The number of hydrogen-bond donors (Lipinski definition) is 2. The van der Waals surface area contributed by atoms with Gasteiger partial charge in [-0.25, -0.2) is 0 Å². The molecule has 0 bridgehead atoms. The number of ether oxygens (including phenoxy) is 1. The number of carbonyl (C=O) groups excluding carboxylic acids is 2. The van der Waals surface area contributed by atoms with Gasteiger partial charge in [0.25, 0.3) is 0 Å². The molecule has 2 aromatic carbocycles. The summed E-state index contributed by atoms with van der Waals surface area (Å²) < 4.78 is 44.5. The van der Waals surface area contributed by atoms with E-state index in [1.807, 2.05) is 53.8 Å². The van der Waals surface area contributed by atoms with Gasteiger partial charge >= 0.3 is 6.18 Å². The van der Waals surface area contributed by atoms with Crippen molar-refractivity contribution in [2.24, 2.45) is 5.92 Å². The average molecular weight is 432 g/mol. The Balaban J connectivity index is 1.56. The zero-order valence-electron chi connectivity index (χ0n) is 16.7. The highest BCUT2D eigenvalue weighted by molar-refractivity contribution is 6.01. The van der Waals surface area contributed by atoms with Crippen molar-refractivity contribution in [1.82, 2.24) is 10.6 Å². The van der Waals surface area contributed by atoms with Crippen molar-refractivity contribution < 1.29 is 27.5 Å². The number of hydrogen-bond acceptors (Lipinski definition) is 3. The van der Waals surface area contributed by atoms with Gasteiger partial charge in [-0.1, -0.05) is 42.5 Å². The molecule has 164 valence electrons. The molecule has 0 radical (unpaired) electrons. The van der Waals surface area contributed by atoms with Gasteiger partial charge in [0.05, 0.1) is 12.6 Å². The maximum absolute atomic E-state index is 12.9. The summed E-state index contributed by atoms with van der Waals surface area (Å²) in [5.41, 5.74) is 2.68. The van der Waals surface area contributed by atoms with Gasteiger partial charge in [0.15, 0.2) is 0 Å². The fourth-order valence-electron chi connectivity index (χ4n) is 4.09. The Labute approximate surface area is 178 Å². The van der Waals surface area contributed by atoms with Gasteiger partial charge in [0.1, 0.15) is 17.7 Å². The molecular formula is C23H23F3N2O3. The fraction of sp³-hybridized carbons (Fsp3) is 0.391. The fourth-order valence-corrected chi connectivity index (χ4v) is 4.09. The van der Waals surface area contributed by atoms with Crippen molar-refractivity contribution in [3.8, 4) is 5.75 Å². The molecule has 0 saturated carbocycles. The minimum atomic E-state index is -4.52. The molecule has 1 fully saturated rings. The van der Waals surface area contributed by atoms with Crippen LogP contribution in [0.25, 0.3) is 0 Å². The predicted molar refractivity (Wildman–Crippen MR) is 107 cm³/mol. The van der Waals surface area contributed by atoms with Crippen LogP contribution in [0.3, 0.4) is 0 Å². The van der Waals surface area contributed by atoms with E-state index in [4.69, 9.17) is 4.74 Å². The van der Waals surface area contributed by atoms with Crippen LogP contribution in [-0.4, -0.2) is 30.6 Å². The molecule has 2 heterocycles. The molecule has 3 atom stereocenters. The summed E-state index contributed by atoms with van der Waals surface area (Å²) in [6, 6.07) is 12.5. The first-order valence-electron chi connectivity index (χ1n) is 10.3. The second kappa shape index (κ2) is 8.61. The lowest BCUT2D eigenvalue weighted by Crippen LogP contribution is -2.54. The highest BCUT2D eigenvalue weighted by Gasteiger charge is 2.46. The van der Waals surface area contributed by atoms with E-state index >= 15 is 0 Å². The lowest BCUT2D eigenvalue weighted by molar-refractivity contribution is -0.171. The molecule has 0 spiro atoms. The summed E-state index contributed by atoms with van der Waals surface area (Å²) in [6.45, 7) is 0.626. The zero-order valence-corrected chi connectivity index (χ0v) is 16.7. The second-order valence-electron chi connectivity index (χ2n) is 7.90. The van der Waals surface area contributed by atoms with Gasteiger partial charge in [-0.3, -0.25) is 9.59 Å². The van der Waals surface area contributed by atoms with Gasteiger partial charge in [0.2, 0.25) is 11.8 Å². The molecule has 31 heavy (non-hydrogen) atoms. The minimum absolute atomic E-state index is 0.156. The molecule has 0 aromatic heterocycles. The first kappa shape index (κ1) is 21.2. The average Bonchev–Trinajstić information content (AvgIpc) is 2.77. The Bertz CT molecular complexity index is 962. The topological polar surface area (TPSA) is 67.4 Å². The van der Waals surface area contributed by atoms with Gasteiger partial charge in [0, 0.05) is 0 Å². The number of rotatable bonds is 4. The van der Waals surface area contributed by atoms with Gasteiger partial charge in [-0.2, -0.15) is 13.2 Å². The lowest BCUT2D eigenvalue weighted by Gasteiger charge is -2.31. The van der Waals surface area contributed by atoms with E-state index in [2.05, 4.69) is 5.32 Å². The van der Waals surface area contributed by atoms with Crippen LogP contribution in [-0.2, 0) is 16.0 Å². The van der Waals surface area contributed by atoms with Crippen LogP contribution in [0.4, 0.5) is 13.2 Å². The third-order valence-corrected chi connectivity index (χ3v) is 5.78. The molecule has 2 aromatic rings. The molecule has 2 N–H and O–H groups in total. The standard InChI is InChI=1S/C23H23F3N2O3/c24-23(25,26)19-11-10-17(21(29)27-19)22(30)28-20(15-5-2-1-3-6-15)16-9-8-14-7-4-12-31-18(14)13-16/h1-3,5-6,8-9,13,17,19-20H,4,7,10-12H2,(H,27,29)(H,28,30). The van der Waals surface area contributed by atoms with Crippen LogP contribution in [0.2, 0.25) is 0 Å². The van der Waals surface area contributed by atoms with E-state index in [9.17, 15) is 22.8 Å². The first-order valence-corrected chi connectivity index (χ1v) is 10.3. The summed E-state index contributed by atoms with van der Waals surface area (Å²) in [6.07, 6.45) is -3.14. The second-order valence-corrected chi connectivity index (χ2v) is 7.90. The number of nitrogens with one attached hydrogen (secondary N) is 2. The summed E-state index contributed by atoms with van der Waals surface area (Å²) in [5.74, 6) is -1.89. The number of alkyl halides is 3. The zero-order chi connectivity index (χ0) is 22.0. The van der Waals surface area contributed by atoms with Crippen LogP contribution < -0.4 is 15.4 Å². The summed E-state index contributed by atoms with van der Waals surface area (Å²) in [7, 11) is 0. The molecule has 2 aliphatic rings. The van der Waals surface area contributed by atoms with Crippen LogP contribution in [0.1, 0.15) is 42.0 Å². The van der Waals surface area contributed by atoms with Crippen molar-refractivity contribution in [1.29, 1.82) is 0 Å². The molecule has 8 heteroatoms.